The van der Waals surface area contributed by atoms with Gasteiger partial charge in [-0.1, -0.05) is 12.1 Å². The zero-order valence-corrected chi connectivity index (χ0v) is 15.1. The Morgan fingerprint density at radius 3 is 2.84 bits per heavy atom. The number of likely N-dealkylation sites (tertiary alicyclic amines) is 1. The summed E-state index contributed by atoms with van der Waals surface area (Å²) in [6, 6.07) is 8.34. The van der Waals surface area contributed by atoms with E-state index in [1.807, 2.05) is 29.2 Å². The molecule has 1 aromatic rings. The van der Waals surface area contributed by atoms with Gasteiger partial charge in [-0.2, -0.15) is 0 Å². The van der Waals surface area contributed by atoms with E-state index >= 15 is 0 Å². The zero-order valence-electron chi connectivity index (χ0n) is 14.3. The summed E-state index contributed by atoms with van der Waals surface area (Å²) in [5.41, 5.74) is 0.684. The van der Waals surface area contributed by atoms with Crippen LogP contribution in [-0.4, -0.2) is 54.5 Å². The van der Waals surface area contributed by atoms with Crippen molar-refractivity contribution in [2.45, 2.75) is 44.4 Å². The number of benzene rings is 1. The van der Waals surface area contributed by atoms with Crippen LogP contribution in [0.15, 0.2) is 24.3 Å². The maximum Gasteiger partial charge on any atom is 0.268 e. The van der Waals surface area contributed by atoms with Gasteiger partial charge >= 0.3 is 0 Å². The van der Waals surface area contributed by atoms with Gasteiger partial charge in [0, 0.05) is 25.2 Å². The van der Waals surface area contributed by atoms with Crippen molar-refractivity contribution in [3.63, 3.8) is 0 Å². The summed E-state index contributed by atoms with van der Waals surface area (Å²) >= 11 is 0. The molecule has 7 heteroatoms. The van der Waals surface area contributed by atoms with E-state index in [2.05, 4.69) is 5.32 Å². The molecule has 0 saturated carbocycles. The van der Waals surface area contributed by atoms with Crippen LogP contribution in [0.3, 0.4) is 0 Å². The first kappa shape index (κ1) is 18.0. The minimum absolute atomic E-state index is 0. The van der Waals surface area contributed by atoms with Crippen molar-refractivity contribution in [3.8, 4) is 5.75 Å². The highest BCUT2D eigenvalue weighted by Crippen LogP contribution is 2.33. The maximum atomic E-state index is 12.8. The Bertz CT molecular complexity index is 669. The lowest BCUT2D eigenvalue weighted by molar-refractivity contribution is -0.133. The third-order valence-electron chi connectivity index (χ3n) is 5.24. The molecule has 2 bridgehead atoms. The third kappa shape index (κ3) is 3.46. The summed E-state index contributed by atoms with van der Waals surface area (Å²) < 4.78 is 5.64. The number of fused-ring (bicyclic) bond motifs is 3. The van der Waals surface area contributed by atoms with E-state index in [-0.39, 0.29) is 30.8 Å². The monoisotopic (exact) mass is 365 g/mol. The summed E-state index contributed by atoms with van der Waals surface area (Å²) in [7, 11) is 0. The number of ether oxygens (including phenoxy) is 1. The Morgan fingerprint density at radius 2 is 2.00 bits per heavy atom. The average Bonchev–Trinajstić information content (AvgIpc) is 2.90. The van der Waals surface area contributed by atoms with E-state index in [1.54, 1.807) is 11.8 Å². The van der Waals surface area contributed by atoms with E-state index in [9.17, 15) is 9.59 Å². The number of nitrogens with zero attached hydrogens (tertiary/aromatic N) is 2. The third-order valence-corrected chi connectivity index (χ3v) is 5.24. The van der Waals surface area contributed by atoms with Crippen LogP contribution in [0.1, 0.15) is 26.2 Å². The fourth-order valence-electron chi connectivity index (χ4n) is 3.93. The SMILES string of the molecule is CC1Oc2ccccc2N(CC(=O)N2CCC3CCC(C2)N3)C1=O.Cl. The smallest absolute Gasteiger partial charge is 0.268 e. The Hall–Kier alpha value is -1.79. The highest BCUT2D eigenvalue weighted by Gasteiger charge is 2.35. The molecule has 136 valence electrons. The maximum absolute atomic E-state index is 12.8. The topological polar surface area (TPSA) is 61.9 Å². The summed E-state index contributed by atoms with van der Waals surface area (Å²) in [4.78, 5) is 28.8. The number of halogens is 1. The van der Waals surface area contributed by atoms with Gasteiger partial charge in [0.15, 0.2) is 6.10 Å². The molecule has 3 atom stereocenters. The predicted octanol–water partition coefficient (Wildman–Crippen LogP) is 1.58. The molecule has 1 N–H and O–H groups in total. The molecular formula is C18H24ClN3O3. The van der Waals surface area contributed by atoms with Crippen LogP contribution in [-0.2, 0) is 9.59 Å². The van der Waals surface area contributed by atoms with E-state index in [0.29, 0.717) is 23.5 Å². The standard InChI is InChI=1S/C18H23N3O3.ClH/c1-12-18(23)21(15-4-2-3-5-16(15)24-12)11-17(22)20-9-8-13-6-7-14(10-20)19-13;/h2-5,12-14,19H,6-11H2,1H3;1H. The molecule has 3 aliphatic heterocycles. The van der Waals surface area contributed by atoms with Gasteiger partial charge in [0.05, 0.1) is 5.69 Å². The van der Waals surface area contributed by atoms with E-state index in [4.69, 9.17) is 4.74 Å². The number of carbonyl (C=O) groups excluding carboxylic acids is 2. The molecule has 25 heavy (non-hydrogen) atoms. The van der Waals surface area contributed by atoms with Crippen LogP contribution in [0.5, 0.6) is 5.75 Å². The van der Waals surface area contributed by atoms with Crippen LogP contribution in [0.25, 0.3) is 0 Å². The average molecular weight is 366 g/mol. The van der Waals surface area contributed by atoms with Gasteiger partial charge in [0.2, 0.25) is 5.91 Å². The molecule has 3 unspecified atom stereocenters. The summed E-state index contributed by atoms with van der Waals surface area (Å²) in [5.74, 6) is 0.520. The van der Waals surface area contributed by atoms with Crippen molar-refractivity contribution < 1.29 is 14.3 Å². The largest absolute Gasteiger partial charge is 0.479 e. The Balaban J connectivity index is 0.00000182. The minimum atomic E-state index is -0.561. The van der Waals surface area contributed by atoms with E-state index in [1.165, 1.54) is 6.42 Å². The molecule has 4 rings (SSSR count). The number of carbonyl (C=O) groups is 2. The molecule has 1 aromatic carbocycles. The second kappa shape index (κ2) is 7.22. The van der Waals surface area contributed by atoms with Gasteiger partial charge in [0.1, 0.15) is 12.3 Å². The number of amides is 2. The Labute approximate surface area is 153 Å². The molecule has 2 amide bonds. The molecule has 0 aliphatic carbocycles. The lowest BCUT2D eigenvalue weighted by Crippen LogP contribution is -2.50. The number of para-hydroxylation sites is 2. The summed E-state index contributed by atoms with van der Waals surface area (Å²) in [6.45, 7) is 3.32. The Morgan fingerprint density at radius 1 is 1.24 bits per heavy atom. The van der Waals surface area contributed by atoms with Crippen LogP contribution in [0, 0.1) is 0 Å². The van der Waals surface area contributed by atoms with Gasteiger partial charge in [-0.05, 0) is 38.3 Å². The van der Waals surface area contributed by atoms with Crippen LogP contribution in [0.4, 0.5) is 5.69 Å². The second-order valence-corrected chi connectivity index (χ2v) is 6.92. The number of anilines is 1. The fraction of sp³-hybridized carbons (Fsp3) is 0.556. The van der Waals surface area contributed by atoms with Crippen molar-refractivity contribution in [3.05, 3.63) is 24.3 Å². The van der Waals surface area contributed by atoms with Gasteiger partial charge < -0.3 is 15.0 Å². The molecule has 0 spiro atoms. The minimum Gasteiger partial charge on any atom is -0.479 e. The van der Waals surface area contributed by atoms with Crippen LogP contribution >= 0.6 is 12.4 Å². The predicted molar refractivity (Wildman–Crippen MR) is 97.3 cm³/mol. The first-order valence-corrected chi connectivity index (χ1v) is 8.72. The molecule has 2 fully saturated rings. The molecule has 0 aromatic heterocycles. The van der Waals surface area contributed by atoms with Gasteiger partial charge in [-0.25, -0.2) is 0 Å². The van der Waals surface area contributed by atoms with Crippen LogP contribution < -0.4 is 15.0 Å². The number of nitrogens with one attached hydrogen (secondary N) is 1. The quantitative estimate of drug-likeness (QED) is 0.864. The number of rotatable bonds is 2. The molecule has 0 radical (unpaired) electrons. The number of hydrogen-bond donors (Lipinski definition) is 1. The first-order valence-electron chi connectivity index (χ1n) is 8.72. The molecule has 3 heterocycles. The highest BCUT2D eigenvalue weighted by atomic mass is 35.5. The molecule has 3 aliphatic rings. The van der Waals surface area contributed by atoms with Crippen LogP contribution in [0.2, 0.25) is 0 Å². The first-order chi connectivity index (χ1) is 11.6. The Kier molecular flexibility index (Phi) is 5.20. The van der Waals surface area contributed by atoms with Gasteiger partial charge in [0.25, 0.3) is 5.91 Å². The van der Waals surface area contributed by atoms with Crippen molar-refractivity contribution in [1.29, 1.82) is 0 Å². The molecule has 2 saturated heterocycles. The van der Waals surface area contributed by atoms with Crippen molar-refractivity contribution >= 4 is 29.9 Å². The normalized spacial score (nSPS) is 27.9. The van der Waals surface area contributed by atoms with Gasteiger partial charge in [-0.3, -0.25) is 14.5 Å². The zero-order chi connectivity index (χ0) is 16.7. The summed E-state index contributed by atoms with van der Waals surface area (Å²) in [5, 5.41) is 3.58. The summed E-state index contributed by atoms with van der Waals surface area (Å²) in [6.07, 6.45) is 2.77. The lowest BCUT2D eigenvalue weighted by atomic mass is 10.1. The molecular weight excluding hydrogens is 342 g/mol. The van der Waals surface area contributed by atoms with Crippen molar-refractivity contribution in [2.24, 2.45) is 0 Å². The highest BCUT2D eigenvalue weighted by molar-refractivity contribution is 6.03. The lowest BCUT2D eigenvalue weighted by Gasteiger charge is -2.34. The van der Waals surface area contributed by atoms with Crippen molar-refractivity contribution in [1.82, 2.24) is 10.2 Å². The number of hydrogen-bond acceptors (Lipinski definition) is 4. The van der Waals surface area contributed by atoms with Crippen molar-refractivity contribution in [2.75, 3.05) is 24.5 Å². The van der Waals surface area contributed by atoms with E-state index in [0.717, 1.165) is 25.9 Å². The van der Waals surface area contributed by atoms with E-state index < -0.39 is 6.10 Å². The fourth-order valence-corrected chi connectivity index (χ4v) is 3.93. The van der Waals surface area contributed by atoms with Gasteiger partial charge in [-0.15, -0.1) is 12.4 Å². The molecule has 6 nitrogen and oxygen atoms in total. The second-order valence-electron chi connectivity index (χ2n) is 6.92.